The molecule has 3 rings (SSSR count). The Balaban J connectivity index is 1.96. The van der Waals surface area contributed by atoms with Crippen molar-refractivity contribution in [3.63, 3.8) is 0 Å². The molecule has 0 spiro atoms. The van der Waals surface area contributed by atoms with Gasteiger partial charge in [0, 0.05) is 0 Å². The van der Waals surface area contributed by atoms with Crippen LogP contribution in [0.2, 0.25) is 5.02 Å². The Hall–Kier alpha value is -1.62. The van der Waals surface area contributed by atoms with E-state index in [4.69, 9.17) is 11.6 Å². The number of carbonyl (C=O) groups excluding carboxylic acids is 2. The van der Waals surface area contributed by atoms with E-state index < -0.39 is 11.9 Å². The second-order valence-corrected chi connectivity index (χ2v) is 5.29. The summed E-state index contributed by atoms with van der Waals surface area (Å²) in [6, 6.07) is 3.90. The topological polar surface area (TPSA) is 49.4 Å². The molecule has 2 fully saturated rings. The van der Waals surface area contributed by atoms with Gasteiger partial charge < -0.3 is 5.32 Å². The van der Waals surface area contributed by atoms with E-state index in [1.54, 1.807) is 6.07 Å². The Morgan fingerprint density at radius 1 is 1.32 bits per heavy atom. The monoisotopic (exact) mass is 282 g/mol. The molecular formula is C13H12ClFN2O2. The lowest BCUT2D eigenvalue weighted by atomic mass is 10.1. The van der Waals surface area contributed by atoms with Crippen LogP contribution in [-0.2, 0) is 9.59 Å². The van der Waals surface area contributed by atoms with E-state index >= 15 is 0 Å². The Kier molecular flexibility index (Phi) is 2.93. The highest BCUT2D eigenvalue weighted by Crippen LogP contribution is 2.36. The number of hydrogen-bond donors (Lipinski definition) is 1. The first-order chi connectivity index (χ1) is 9.08. The molecule has 1 saturated heterocycles. The van der Waals surface area contributed by atoms with Crippen molar-refractivity contribution in [2.75, 3.05) is 11.4 Å². The molecule has 1 unspecified atom stereocenters. The van der Waals surface area contributed by atoms with Crippen molar-refractivity contribution in [1.29, 1.82) is 0 Å². The molecule has 6 heteroatoms. The van der Waals surface area contributed by atoms with E-state index in [0.717, 1.165) is 12.8 Å². The molecule has 0 aromatic heterocycles. The van der Waals surface area contributed by atoms with Crippen molar-refractivity contribution in [3.05, 3.63) is 29.0 Å². The van der Waals surface area contributed by atoms with Crippen LogP contribution in [0.25, 0.3) is 0 Å². The van der Waals surface area contributed by atoms with E-state index in [-0.39, 0.29) is 35.0 Å². The molecule has 0 bridgehead atoms. The highest BCUT2D eigenvalue weighted by Gasteiger charge is 2.43. The minimum absolute atomic E-state index is 0.0562. The van der Waals surface area contributed by atoms with Gasteiger partial charge in [0.2, 0.25) is 11.8 Å². The van der Waals surface area contributed by atoms with Gasteiger partial charge in [-0.05, 0) is 30.9 Å². The SMILES string of the molecule is O=C1CN(c2cccc(Cl)c2F)C(=O)C(C2CC2)N1. The number of hydrogen-bond acceptors (Lipinski definition) is 2. The fraction of sp³-hybridized carbons (Fsp3) is 0.385. The zero-order valence-electron chi connectivity index (χ0n) is 10.0. The van der Waals surface area contributed by atoms with E-state index in [0.29, 0.717) is 0 Å². The van der Waals surface area contributed by atoms with E-state index in [9.17, 15) is 14.0 Å². The summed E-state index contributed by atoms with van der Waals surface area (Å²) in [4.78, 5) is 25.2. The lowest BCUT2D eigenvalue weighted by Gasteiger charge is -2.32. The predicted molar refractivity (Wildman–Crippen MR) is 68.4 cm³/mol. The van der Waals surface area contributed by atoms with Crippen LogP contribution in [-0.4, -0.2) is 24.4 Å². The van der Waals surface area contributed by atoms with Gasteiger partial charge in [-0.15, -0.1) is 0 Å². The highest BCUT2D eigenvalue weighted by atomic mass is 35.5. The number of carbonyl (C=O) groups is 2. The zero-order chi connectivity index (χ0) is 13.6. The number of halogens is 2. The van der Waals surface area contributed by atoms with Crippen molar-refractivity contribution >= 4 is 29.1 Å². The van der Waals surface area contributed by atoms with Gasteiger partial charge in [-0.1, -0.05) is 17.7 Å². The molecule has 4 nitrogen and oxygen atoms in total. The van der Waals surface area contributed by atoms with Crippen LogP contribution in [0.1, 0.15) is 12.8 Å². The van der Waals surface area contributed by atoms with Gasteiger partial charge in [-0.25, -0.2) is 4.39 Å². The first-order valence-corrected chi connectivity index (χ1v) is 6.50. The molecule has 19 heavy (non-hydrogen) atoms. The number of rotatable bonds is 2. The minimum Gasteiger partial charge on any atom is -0.342 e. The third-order valence-electron chi connectivity index (χ3n) is 3.47. The fourth-order valence-electron chi connectivity index (χ4n) is 2.32. The first kappa shape index (κ1) is 12.4. The van der Waals surface area contributed by atoms with Crippen LogP contribution in [0.15, 0.2) is 18.2 Å². The lowest BCUT2D eigenvalue weighted by Crippen LogP contribution is -2.59. The van der Waals surface area contributed by atoms with Crippen molar-refractivity contribution in [2.45, 2.75) is 18.9 Å². The fourth-order valence-corrected chi connectivity index (χ4v) is 2.49. The van der Waals surface area contributed by atoms with Gasteiger partial charge in [-0.2, -0.15) is 0 Å². The van der Waals surface area contributed by atoms with Gasteiger partial charge in [0.05, 0.1) is 10.7 Å². The molecule has 1 aliphatic heterocycles. The van der Waals surface area contributed by atoms with Crippen molar-refractivity contribution in [1.82, 2.24) is 5.32 Å². The quantitative estimate of drug-likeness (QED) is 0.898. The molecule has 2 aliphatic rings. The predicted octanol–water partition coefficient (Wildman–Crippen LogP) is 1.72. The number of piperazine rings is 1. The van der Waals surface area contributed by atoms with Crippen LogP contribution < -0.4 is 10.2 Å². The Bertz CT molecular complexity index is 560. The molecule has 0 radical (unpaired) electrons. The summed E-state index contributed by atoms with van der Waals surface area (Å²) >= 11 is 5.71. The number of nitrogens with one attached hydrogen (secondary N) is 1. The summed E-state index contributed by atoms with van der Waals surface area (Å²) in [5.41, 5.74) is 0.0676. The van der Waals surface area contributed by atoms with E-state index in [1.165, 1.54) is 17.0 Å². The van der Waals surface area contributed by atoms with Crippen molar-refractivity contribution < 1.29 is 14.0 Å². The maximum atomic E-state index is 14.0. The first-order valence-electron chi connectivity index (χ1n) is 6.12. The number of anilines is 1. The average Bonchev–Trinajstić information content (AvgIpc) is 3.20. The molecule has 1 aromatic carbocycles. The lowest BCUT2D eigenvalue weighted by molar-refractivity contribution is -0.131. The number of nitrogens with zero attached hydrogens (tertiary/aromatic N) is 1. The van der Waals surface area contributed by atoms with Crippen LogP contribution in [0.5, 0.6) is 0 Å². The maximum Gasteiger partial charge on any atom is 0.250 e. The van der Waals surface area contributed by atoms with Crippen molar-refractivity contribution in [3.8, 4) is 0 Å². The second kappa shape index (κ2) is 4.49. The van der Waals surface area contributed by atoms with Gasteiger partial charge in [0.25, 0.3) is 0 Å². The van der Waals surface area contributed by atoms with Gasteiger partial charge >= 0.3 is 0 Å². The Morgan fingerprint density at radius 2 is 2.05 bits per heavy atom. The molecule has 100 valence electrons. The second-order valence-electron chi connectivity index (χ2n) is 4.88. The van der Waals surface area contributed by atoms with Gasteiger partial charge in [0.1, 0.15) is 12.6 Å². The Morgan fingerprint density at radius 3 is 2.74 bits per heavy atom. The maximum absolute atomic E-state index is 14.0. The van der Waals surface area contributed by atoms with Gasteiger partial charge in [0.15, 0.2) is 5.82 Å². The summed E-state index contributed by atoms with van der Waals surface area (Å²) in [6.45, 7) is -0.167. The largest absolute Gasteiger partial charge is 0.342 e. The van der Waals surface area contributed by atoms with E-state index in [1.807, 2.05) is 0 Å². The van der Waals surface area contributed by atoms with Gasteiger partial charge in [-0.3, -0.25) is 14.5 Å². The normalized spacial score (nSPS) is 23.5. The van der Waals surface area contributed by atoms with Crippen LogP contribution >= 0.6 is 11.6 Å². The molecule has 1 atom stereocenters. The third kappa shape index (κ3) is 2.18. The highest BCUT2D eigenvalue weighted by molar-refractivity contribution is 6.31. The third-order valence-corrected chi connectivity index (χ3v) is 3.76. The van der Waals surface area contributed by atoms with Crippen molar-refractivity contribution in [2.24, 2.45) is 5.92 Å². The van der Waals surface area contributed by atoms with Crippen LogP contribution in [0.4, 0.5) is 10.1 Å². The molecule has 2 amide bonds. The minimum atomic E-state index is -0.665. The van der Waals surface area contributed by atoms with Crippen LogP contribution in [0, 0.1) is 11.7 Å². The molecular weight excluding hydrogens is 271 g/mol. The molecule has 1 saturated carbocycles. The molecule has 1 heterocycles. The van der Waals surface area contributed by atoms with E-state index in [2.05, 4.69) is 5.32 Å². The molecule has 1 aliphatic carbocycles. The summed E-state index contributed by atoms with van der Waals surface area (Å²) in [5, 5.41) is 2.62. The average molecular weight is 283 g/mol. The number of benzene rings is 1. The standard InChI is InChI=1S/C13H12ClFN2O2/c14-8-2-1-3-9(11(8)15)17-6-10(18)16-12(13(17)19)7-4-5-7/h1-3,7,12H,4-6H2,(H,16,18). The smallest absolute Gasteiger partial charge is 0.250 e. The number of amides is 2. The Labute approximate surface area is 114 Å². The zero-order valence-corrected chi connectivity index (χ0v) is 10.8. The summed E-state index contributed by atoms with van der Waals surface area (Å²) in [6.07, 6.45) is 1.84. The van der Waals surface area contributed by atoms with Crippen LogP contribution in [0.3, 0.4) is 0 Å². The molecule has 1 N–H and O–H groups in total. The summed E-state index contributed by atoms with van der Waals surface area (Å²) in [5.74, 6) is -1.01. The summed E-state index contributed by atoms with van der Waals surface area (Å²) < 4.78 is 14.0. The molecule has 1 aromatic rings. The summed E-state index contributed by atoms with van der Waals surface area (Å²) in [7, 11) is 0.